The summed E-state index contributed by atoms with van der Waals surface area (Å²) in [6.07, 6.45) is 4.77. The molecule has 94 valence electrons. The van der Waals surface area contributed by atoms with Crippen LogP contribution in [0.3, 0.4) is 0 Å². The van der Waals surface area contributed by atoms with Gasteiger partial charge >= 0.3 is 0 Å². The molecule has 1 amide bonds. The van der Waals surface area contributed by atoms with Gasteiger partial charge < -0.3 is 10.0 Å². The van der Waals surface area contributed by atoms with Gasteiger partial charge in [0.1, 0.15) is 0 Å². The summed E-state index contributed by atoms with van der Waals surface area (Å²) < 4.78 is 0. The maximum Gasteiger partial charge on any atom is 0.236 e. The molecule has 4 heteroatoms. The second kappa shape index (κ2) is 7.63. The highest BCUT2D eigenvalue weighted by Crippen LogP contribution is 2.10. The van der Waals surface area contributed by atoms with Gasteiger partial charge in [0.05, 0.1) is 13.2 Å². The average Bonchev–Trinajstić information content (AvgIpc) is 2.56. The molecule has 4 nitrogen and oxygen atoms in total. The monoisotopic (exact) mass is 228 g/mol. The molecule has 1 rings (SSSR count). The lowest BCUT2D eigenvalue weighted by molar-refractivity contribution is -0.132. The molecule has 0 aliphatic carbocycles. The lowest BCUT2D eigenvalue weighted by atomic mass is 10.2. The van der Waals surface area contributed by atoms with Crippen LogP contribution in [-0.2, 0) is 4.79 Å². The summed E-state index contributed by atoms with van der Waals surface area (Å²) in [4.78, 5) is 16.0. The van der Waals surface area contributed by atoms with E-state index in [1.54, 1.807) is 0 Å². The molecule has 1 aliphatic heterocycles. The van der Waals surface area contributed by atoms with Crippen molar-refractivity contribution in [2.24, 2.45) is 0 Å². The van der Waals surface area contributed by atoms with Gasteiger partial charge in [0, 0.05) is 19.6 Å². The Balaban J connectivity index is 2.36. The molecule has 0 unspecified atom stereocenters. The quantitative estimate of drug-likeness (QED) is 0.753. The van der Waals surface area contributed by atoms with Crippen LogP contribution in [0.25, 0.3) is 0 Å². The summed E-state index contributed by atoms with van der Waals surface area (Å²) in [7, 11) is 0. The lowest BCUT2D eigenvalue weighted by Crippen LogP contribution is -2.41. The molecule has 0 saturated carbocycles. The zero-order valence-corrected chi connectivity index (χ0v) is 10.3. The molecule has 1 heterocycles. The van der Waals surface area contributed by atoms with E-state index in [1.165, 1.54) is 12.8 Å². The molecule has 1 saturated heterocycles. The number of hydrogen-bond donors (Lipinski definition) is 1. The third-order valence-electron chi connectivity index (χ3n) is 3.18. The van der Waals surface area contributed by atoms with Crippen molar-refractivity contribution in [1.29, 1.82) is 0 Å². The fourth-order valence-corrected chi connectivity index (χ4v) is 2.10. The Hall–Kier alpha value is -0.610. The Labute approximate surface area is 98.2 Å². The fourth-order valence-electron chi connectivity index (χ4n) is 2.10. The summed E-state index contributed by atoms with van der Waals surface area (Å²) in [5.74, 6) is 0.220. The van der Waals surface area contributed by atoms with E-state index in [2.05, 4.69) is 0 Å². The summed E-state index contributed by atoms with van der Waals surface area (Å²) >= 11 is 0. The third kappa shape index (κ3) is 4.49. The zero-order valence-electron chi connectivity index (χ0n) is 10.3. The van der Waals surface area contributed by atoms with Gasteiger partial charge in [-0.25, -0.2) is 0 Å². The van der Waals surface area contributed by atoms with Gasteiger partial charge in [0.25, 0.3) is 0 Å². The van der Waals surface area contributed by atoms with Crippen LogP contribution in [0.1, 0.15) is 32.6 Å². The largest absolute Gasteiger partial charge is 0.395 e. The maximum atomic E-state index is 12.0. The minimum absolute atomic E-state index is 0.126. The molecule has 1 aliphatic rings. The number of rotatable bonds is 5. The van der Waals surface area contributed by atoms with Crippen LogP contribution in [0.4, 0.5) is 0 Å². The average molecular weight is 228 g/mol. The first-order valence-electron chi connectivity index (χ1n) is 6.39. The first-order valence-corrected chi connectivity index (χ1v) is 6.39. The van der Waals surface area contributed by atoms with E-state index in [4.69, 9.17) is 5.11 Å². The highest BCUT2D eigenvalue weighted by atomic mass is 16.3. The molecule has 1 fully saturated rings. The topological polar surface area (TPSA) is 43.8 Å². The van der Waals surface area contributed by atoms with Crippen molar-refractivity contribution in [3.05, 3.63) is 0 Å². The van der Waals surface area contributed by atoms with E-state index in [0.717, 1.165) is 32.5 Å². The number of amides is 1. The smallest absolute Gasteiger partial charge is 0.236 e. The molecule has 0 spiro atoms. The number of likely N-dealkylation sites (tertiary alicyclic amines) is 1. The Kier molecular flexibility index (Phi) is 6.42. The molecule has 0 aromatic carbocycles. The SMILES string of the molecule is CCN(CCO)CC(=O)N1CCCCCC1. The van der Waals surface area contributed by atoms with Crippen molar-refractivity contribution < 1.29 is 9.90 Å². The second-order valence-corrected chi connectivity index (χ2v) is 4.39. The van der Waals surface area contributed by atoms with Crippen molar-refractivity contribution in [1.82, 2.24) is 9.80 Å². The Morgan fingerprint density at radius 1 is 1.25 bits per heavy atom. The second-order valence-electron chi connectivity index (χ2n) is 4.39. The van der Waals surface area contributed by atoms with E-state index in [9.17, 15) is 4.79 Å². The van der Waals surface area contributed by atoms with E-state index in [0.29, 0.717) is 13.1 Å². The van der Waals surface area contributed by atoms with Crippen LogP contribution in [0.15, 0.2) is 0 Å². The van der Waals surface area contributed by atoms with E-state index < -0.39 is 0 Å². The van der Waals surface area contributed by atoms with Gasteiger partial charge in [-0.3, -0.25) is 9.69 Å². The highest BCUT2D eigenvalue weighted by Gasteiger charge is 2.17. The van der Waals surface area contributed by atoms with Gasteiger partial charge in [-0.2, -0.15) is 0 Å². The number of aliphatic hydroxyl groups is 1. The standard InChI is InChI=1S/C12H24N2O2/c1-2-13(9-10-15)11-12(16)14-7-5-3-4-6-8-14/h15H,2-11H2,1H3. The van der Waals surface area contributed by atoms with Crippen LogP contribution in [0.5, 0.6) is 0 Å². The molecular weight excluding hydrogens is 204 g/mol. The molecule has 0 aromatic heterocycles. The Bertz CT molecular complexity index is 201. The number of carbonyl (C=O) groups is 1. The van der Waals surface area contributed by atoms with Crippen LogP contribution < -0.4 is 0 Å². The van der Waals surface area contributed by atoms with Gasteiger partial charge in [-0.1, -0.05) is 19.8 Å². The number of carbonyl (C=O) groups excluding carboxylic acids is 1. The van der Waals surface area contributed by atoms with Crippen molar-refractivity contribution in [3.8, 4) is 0 Å². The molecule has 0 radical (unpaired) electrons. The lowest BCUT2D eigenvalue weighted by Gasteiger charge is -2.25. The summed E-state index contributed by atoms with van der Waals surface area (Å²) in [5.41, 5.74) is 0. The van der Waals surface area contributed by atoms with Crippen LogP contribution in [-0.4, -0.2) is 60.1 Å². The maximum absolute atomic E-state index is 12.0. The predicted molar refractivity (Wildman–Crippen MR) is 64.2 cm³/mol. The van der Waals surface area contributed by atoms with E-state index in [-0.39, 0.29) is 12.5 Å². The van der Waals surface area contributed by atoms with Crippen LogP contribution in [0.2, 0.25) is 0 Å². The van der Waals surface area contributed by atoms with Gasteiger partial charge in [-0.15, -0.1) is 0 Å². The predicted octanol–water partition coefficient (Wildman–Crippen LogP) is 0.703. The van der Waals surface area contributed by atoms with Crippen LogP contribution >= 0.6 is 0 Å². The van der Waals surface area contributed by atoms with Gasteiger partial charge in [0.2, 0.25) is 5.91 Å². The van der Waals surface area contributed by atoms with E-state index in [1.807, 2.05) is 16.7 Å². The zero-order chi connectivity index (χ0) is 11.8. The van der Waals surface area contributed by atoms with Crippen molar-refractivity contribution >= 4 is 5.91 Å². The molecular formula is C12H24N2O2. The number of nitrogens with zero attached hydrogens (tertiary/aromatic N) is 2. The fraction of sp³-hybridized carbons (Fsp3) is 0.917. The first kappa shape index (κ1) is 13.5. The number of aliphatic hydroxyl groups excluding tert-OH is 1. The first-order chi connectivity index (χ1) is 7.77. The molecule has 0 aromatic rings. The normalized spacial score (nSPS) is 17.6. The Morgan fingerprint density at radius 3 is 2.38 bits per heavy atom. The molecule has 1 N–H and O–H groups in total. The number of likely N-dealkylation sites (N-methyl/N-ethyl adjacent to an activating group) is 1. The van der Waals surface area contributed by atoms with Gasteiger partial charge in [-0.05, 0) is 19.4 Å². The van der Waals surface area contributed by atoms with Crippen LogP contribution in [0, 0.1) is 0 Å². The molecule has 0 bridgehead atoms. The highest BCUT2D eigenvalue weighted by molar-refractivity contribution is 5.78. The minimum Gasteiger partial charge on any atom is -0.395 e. The van der Waals surface area contributed by atoms with Crippen molar-refractivity contribution in [3.63, 3.8) is 0 Å². The van der Waals surface area contributed by atoms with Gasteiger partial charge in [0.15, 0.2) is 0 Å². The Morgan fingerprint density at radius 2 is 1.88 bits per heavy atom. The number of hydrogen-bond acceptors (Lipinski definition) is 3. The molecule has 16 heavy (non-hydrogen) atoms. The third-order valence-corrected chi connectivity index (χ3v) is 3.18. The van der Waals surface area contributed by atoms with E-state index >= 15 is 0 Å². The molecule has 0 atom stereocenters. The van der Waals surface area contributed by atoms with Crippen molar-refractivity contribution in [2.45, 2.75) is 32.6 Å². The minimum atomic E-state index is 0.126. The summed E-state index contributed by atoms with van der Waals surface area (Å²) in [6, 6.07) is 0. The van der Waals surface area contributed by atoms with Crippen molar-refractivity contribution in [2.75, 3.05) is 39.3 Å². The summed E-state index contributed by atoms with van der Waals surface area (Å²) in [5, 5.41) is 8.87. The summed E-state index contributed by atoms with van der Waals surface area (Å²) in [6.45, 7) is 5.84.